The van der Waals surface area contributed by atoms with Crippen LogP contribution in [0.15, 0.2) is 85.1 Å². The van der Waals surface area contributed by atoms with Gasteiger partial charge in [-0.25, -0.2) is 0 Å². The first kappa shape index (κ1) is 31.3. The van der Waals surface area contributed by atoms with Gasteiger partial charge in [-0.05, 0) is 54.2 Å². The van der Waals surface area contributed by atoms with Crippen LogP contribution >= 0.6 is 0 Å². The summed E-state index contributed by atoms with van der Waals surface area (Å²) >= 11 is 0. The van der Waals surface area contributed by atoms with E-state index in [9.17, 15) is 24.3 Å². The topological polar surface area (TPSA) is 184 Å². The van der Waals surface area contributed by atoms with Crippen molar-refractivity contribution in [3.8, 4) is 5.75 Å². The number of likely N-dealkylation sites (tertiary alicyclic amines) is 1. The van der Waals surface area contributed by atoms with Crippen molar-refractivity contribution in [3.05, 3.63) is 102 Å². The quantitative estimate of drug-likeness (QED) is 0.142. The fourth-order valence-corrected chi connectivity index (χ4v) is 5.83. The number of primary amides is 1. The summed E-state index contributed by atoms with van der Waals surface area (Å²) in [4.78, 5) is 57.9. The van der Waals surface area contributed by atoms with E-state index in [4.69, 9.17) is 11.5 Å². The molecule has 5 rings (SSSR count). The molecular formula is C34H38N6O5. The van der Waals surface area contributed by atoms with Gasteiger partial charge >= 0.3 is 0 Å². The molecule has 1 aliphatic heterocycles. The maximum absolute atomic E-state index is 13.7. The third-order valence-corrected chi connectivity index (χ3v) is 8.22. The minimum Gasteiger partial charge on any atom is -0.508 e. The first-order chi connectivity index (χ1) is 21.7. The number of benzene rings is 3. The van der Waals surface area contributed by atoms with Crippen molar-refractivity contribution in [2.24, 2.45) is 11.5 Å². The number of para-hydroxylation sites is 1. The predicted octanol–water partition coefficient (Wildman–Crippen LogP) is 1.67. The molecule has 1 aromatic heterocycles. The van der Waals surface area contributed by atoms with Gasteiger partial charge in [0.05, 0.1) is 6.04 Å². The molecule has 3 aromatic carbocycles. The highest BCUT2D eigenvalue weighted by molar-refractivity contribution is 5.95. The lowest BCUT2D eigenvalue weighted by molar-refractivity contribution is -0.140. The number of nitrogens with zero attached hydrogens (tertiary/aromatic N) is 1. The van der Waals surface area contributed by atoms with Gasteiger partial charge in [0.2, 0.25) is 23.6 Å². The van der Waals surface area contributed by atoms with Gasteiger partial charge in [-0.2, -0.15) is 0 Å². The smallest absolute Gasteiger partial charge is 0.243 e. The first-order valence-corrected chi connectivity index (χ1v) is 15.0. The van der Waals surface area contributed by atoms with E-state index in [-0.39, 0.29) is 30.9 Å². The van der Waals surface area contributed by atoms with Crippen LogP contribution in [0.25, 0.3) is 10.9 Å². The van der Waals surface area contributed by atoms with Crippen LogP contribution in [0.1, 0.15) is 29.5 Å². The Morgan fingerprint density at radius 2 is 1.56 bits per heavy atom. The van der Waals surface area contributed by atoms with Gasteiger partial charge in [-0.1, -0.05) is 60.7 Å². The number of fused-ring (bicyclic) bond motifs is 1. The Kier molecular flexibility index (Phi) is 9.79. The van der Waals surface area contributed by atoms with E-state index < -0.39 is 41.9 Å². The van der Waals surface area contributed by atoms with E-state index in [0.717, 1.165) is 27.6 Å². The van der Waals surface area contributed by atoms with E-state index in [1.54, 1.807) is 18.3 Å². The van der Waals surface area contributed by atoms with Crippen molar-refractivity contribution < 1.29 is 24.3 Å². The number of aromatic hydroxyl groups is 1. The van der Waals surface area contributed by atoms with Gasteiger partial charge in [0.15, 0.2) is 0 Å². The number of H-pyrrole nitrogens is 1. The Balaban J connectivity index is 1.33. The highest BCUT2D eigenvalue weighted by Gasteiger charge is 2.38. The first-order valence-electron chi connectivity index (χ1n) is 15.0. The molecule has 1 aliphatic rings. The van der Waals surface area contributed by atoms with E-state index in [1.165, 1.54) is 17.0 Å². The number of carbonyl (C=O) groups is 4. The molecule has 4 aromatic rings. The molecule has 2 heterocycles. The molecule has 0 aliphatic carbocycles. The number of aromatic amines is 1. The van der Waals surface area contributed by atoms with Gasteiger partial charge in [-0.3, -0.25) is 19.2 Å². The zero-order valence-corrected chi connectivity index (χ0v) is 24.8. The van der Waals surface area contributed by atoms with Gasteiger partial charge in [-0.15, -0.1) is 0 Å². The molecule has 234 valence electrons. The summed E-state index contributed by atoms with van der Waals surface area (Å²) in [5, 5.41) is 16.1. The van der Waals surface area contributed by atoms with Crippen LogP contribution in [-0.4, -0.2) is 69.3 Å². The van der Waals surface area contributed by atoms with Crippen LogP contribution in [0.4, 0.5) is 0 Å². The summed E-state index contributed by atoms with van der Waals surface area (Å²) in [6, 6.07) is 19.5. The Labute approximate surface area is 261 Å². The molecule has 45 heavy (non-hydrogen) atoms. The van der Waals surface area contributed by atoms with Crippen molar-refractivity contribution in [1.82, 2.24) is 20.5 Å². The highest BCUT2D eigenvalue weighted by atomic mass is 16.3. The number of rotatable bonds is 12. The maximum Gasteiger partial charge on any atom is 0.243 e. The molecule has 0 spiro atoms. The molecule has 0 bridgehead atoms. The molecule has 11 nitrogen and oxygen atoms in total. The molecule has 1 saturated heterocycles. The summed E-state index contributed by atoms with van der Waals surface area (Å²) in [7, 11) is 0. The molecule has 4 unspecified atom stereocenters. The number of phenols is 1. The van der Waals surface area contributed by atoms with Crippen LogP contribution in [0.5, 0.6) is 5.75 Å². The summed E-state index contributed by atoms with van der Waals surface area (Å²) in [5.74, 6) is -1.98. The SMILES string of the molecule is NC(=O)C(Cc1ccccc1)NC(=O)C(Cc1c[nH]c2ccccc12)NC(=O)C1CCCN1C(=O)C(N)Cc1ccc(O)cc1. The fourth-order valence-electron chi connectivity index (χ4n) is 5.83. The van der Waals surface area contributed by atoms with Crippen LogP contribution in [0.3, 0.4) is 0 Å². The monoisotopic (exact) mass is 610 g/mol. The Morgan fingerprint density at radius 3 is 2.29 bits per heavy atom. The number of aromatic nitrogens is 1. The lowest BCUT2D eigenvalue weighted by atomic mass is 10.0. The molecule has 1 fully saturated rings. The molecule has 4 amide bonds. The number of nitrogens with two attached hydrogens (primary N) is 2. The van der Waals surface area contributed by atoms with Crippen LogP contribution in [-0.2, 0) is 38.4 Å². The third-order valence-electron chi connectivity index (χ3n) is 8.22. The summed E-state index contributed by atoms with van der Waals surface area (Å²) < 4.78 is 0. The Morgan fingerprint density at radius 1 is 0.867 bits per heavy atom. The predicted molar refractivity (Wildman–Crippen MR) is 170 cm³/mol. The summed E-state index contributed by atoms with van der Waals surface area (Å²) in [6.07, 6.45) is 3.39. The normalized spacial score (nSPS) is 16.6. The van der Waals surface area contributed by atoms with E-state index in [2.05, 4.69) is 15.6 Å². The number of amides is 4. The highest BCUT2D eigenvalue weighted by Crippen LogP contribution is 2.22. The van der Waals surface area contributed by atoms with E-state index in [1.807, 2.05) is 54.6 Å². The Bertz CT molecular complexity index is 1650. The number of hydrogen-bond acceptors (Lipinski definition) is 6. The van der Waals surface area contributed by atoms with Crippen molar-refractivity contribution >= 4 is 34.5 Å². The minimum absolute atomic E-state index is 0.114. The molecule has 11 heteroatoms. The fraction of sp³-hybridized carbons (Fsp3) is 0.294. The van der Waals surface area contributed by atoms with Gasteiger partial charge in [0, 0.05) is 36.5 Å². The standard InChI is InChI=1S/C34H38N6O5/c35-26(17-22-12-14-24(41)15-13-22)34(45)40-16-6-11-30(40)33(44)39-29(19-23-20-37-27-10-5-4-9-25(23)27)32(43)38-28(31(36)42)18-21-7-2-1-3-8-21/h1-5,7-10,12-15,20,26,28-30,37,41H,6,11,16-19,35H2,(H2,36,42)(H,38,43)(H,39,44). The largest absolute Gasteiger partial charge is 0.508 e. The van der Waals surface area contributed by atoms with E-state index >= 15 is 0 Å². The summed E-state index contributed by atoms with van der Waals surface area (Å²) in [5.41, 5.74) is 15.2. The molecule has 0 saturated carbocycles. The second-order valence-corrected chi connectivity index (χ2v) is 11.4. The van der Waals surface area contributed by atoms with Crippen molar-refractivity contribution in [3.63, 3.8) is 0 Å². The lowest BCUT2D eigenvalue weighted by Crippen LogP contribution is -2.58. The van der Waals surface area contributed by atoms with Gasteiger partial charge in [0.25, 0.3) is 0 Å². The van der Waals surface area contributed by atoms with E-state index in [0.29, 0.717) is 19.4 Å². The average Bonchev–Trinajstić information content (AvgIpc) is 3.69. The summed E-state index contributed by atoms with van der Waals surface area (Å²) in [6.45, 7) is 0.361. The molecule has 0 radical (unpaired) electrons. The van der Waals surface area contributed by atoms with Crippen LogP contribution in [0.2, 0.25) is 0 Å². The van der Waals surface area contributed by atoms with Gasteiger partial charge < -0.3 is 37.1 Å². The van der Waals surface area contributed by atoms with Crippen molar-refractivity contribution in [2.45, 2.75) is 56.3 Å². The van der Waals surface area contributed by atoms with Crippen molar-refractivity contribution in [1.29, 1.82) is 0 Å². The average molecular weight is 611 g/mol. The van der Waals surface area contributed by atoms with Crippen LogP contribution in [0, 0.1) is 0 Å². The van der Waals surface area contributed by atoms with Crippen LogP contribution < -0.4 is 22.1 Å². The Hall–Kier alpha value is -5.16. The van der Waals surface area contributed by atoms with Gasteiger partial charge in [0.1, 0.15) is 23.9 Å². The zero-order valence-electron chi connectivity index (χ0n) is 24.8. The lowest BCUT2D eigenvalue weighted by Gasteiger charge is -2.29. The van der Waals surface area contributed by atoms with Crippen molar-refractivity contribution in [2.75, 3.05) is 6.54 Å². The molecule has 4 atom stereocenters. The number of phenolic OH excluding ortho intramolecular Hbond substituents is 1. The minimum atomic E-state index is -1.06. The number of carbonyl (C=O) groups excluding carboxylic acids is 4. The molecular weight excluding hydrogens is 572 g/mol. The number of hydrogen-bond donors (Lipinski definition) is 6. The second-order valence-electron chi connectivity index (χ2n) is 11.4. The second kappa shape index (κ2) is 14.1. The maximum atomic E-state index is 13.7. The molecule has 8 N–H and O–H groups in total. The number of nitrogens with one attached hydrogen (secondary N) is 3. The third kappa shape index (κ3) is 7.68. The zero-order chi connectivity index (χ0) is 31.9.